The summed E-state index contributed by atoms with van der Waals surface area (Å²) in [5, 5.41) is 22.4. The van der Waals surface area contributed by atoms with Crippen molar-refractivity contribution >= 4 is 6.34 Å². The summed E-state index contributed by atoms with van der Waals surface area (Å²) in [5.74, 6) is 7.13. The summed E-state index contributed by atoms with van der Waals surface area (Å²) >= 11 is 0. The zero-order valence-electron chi connectivity index (χ0n) is 18.9. The summed E-state index contributed by atoms with van der Waals surface area (Å²) in [6.45, 7) is 5.97. The Morgan fingerprint density at radius 2 is 2.24 bits per heavy atom. The second-order valence-electron chi connectivity index (χ2n) is 7.12. The Morgan fingerprint density at radius 1 is 1.41 bits per heavy atom. The molecule has 0 aliphatic rings. The average molecular weight is 460 g/mol. The molecule has 1 aromatic carbocycles. The molecule has 34 heavy (non-hydrogen) atoms. The van der Waals surface area contributed by atoms with Gasteiger partial charge in [-0.2, -0.15) is 20.4 Å². The Balaban J connectivity index is 1.78. The highest BCUT2D eigenvalue weighted by Crippen LogP contribution is 2.26. The quantitative estimate of drug-likeness (QED) is 0.0884. The maximum absolute atomic E-state index is 8.97. The molecule has 0 spiro atoms. The van der Waals surface area contributed by atoms with Crippen LogP contribution in [0.15, 0.2) is 76.2 Å². The summed E-state index contributed by atoms with van der Waals surface area (Å²) in [6, 6.07) is 9.59. The van der Waals surface area contributed by atoms with Gasteiger partial charge < -0.3 is 15.0 Å². The molecule has 0 aliphatic heterocycles. The van der Waals surface area contributed by atoms with Crippen LogP contribution in [0.1, 0.15) is 18.2 Å². The summed E-state index contributed by atoms with van der Waals surface area (Å²) < 4.78 is 13.0. The van der Waals surface area contributed by atoms with Crippen LogP contribution in [-0.4, -0.2) is 31.4 Å². The van der Waals surface area contributed by atoms with Crippen molar-refractivity contribution in [1.82, 2.24) is 25.0 Å². The smallest absolute Gasteiger partial charge is 0.261 e. The first kappa shape index (κ1) is 24.0. The fraction of sp³-hybridized carbons (Fsp3) is 0.174. The third-order valence-corrected chi connectivity index (χ3v) is 4.75. The minimum Gasteiger partial charge on any atom is -0.492 e. The Kier molecular flexibility index (Phi) is 7.93. The lowest BCUT2D eigenvalue weighted by Crippen LogP contribution is -2.25. The number of hydrogen-bond acceptors (Lipinski definition) is 9. The summed E-state index contributed by atoms with van der Waals surface area (Å²) in [7, 11) is 1.80. The molecule has 3 rings (SSSR count). The van der Waals surface area contributed by atoms with E-state index in [0.29, 0.717) is 35.2 Å². The Labute approximate surface area is 196 Å². The molecule has 0 aliphatic carbocycles. The van der Waals surface area contributed by atoms with Gasteiger partial charge in [-0.05, 0) is 30.7 Å². The predicted octanol–water partition coefficient (Wildman–Crippen LogP) is 2.77. The molecule has 3 aromatic rings. The number of nitrogens with two attached hydrogens (primary N) is 2. The highest BCUT2D eigenvalue weighted by Gasteiger charge is 2.18. The number of hydrazone groups is 1. The standard InChI is InChI=1S/C23H25N9O2/c1-4-17(11-24)9-8-16(2)33-14-21-20(12-27-31(21)3)23-29-22(30-34-23)19-7-5-6-18(10-19)13-32(26)28-15-25/h4-10,12,15H,1,13-14,26H2,2-3H3,(H2,25,28)/b16-8+,17-9+. The largest absolute Gasteiger partial charge is 0.492 e. The van der Waals surface area contributed by atoms with Gasteiger partial charge in [0.1, 0.15) is 12.9 Å². The highest BCUT2D eigenvalue weighted by molar-refractivity contribution is 5.61. The Morgan fingerprint density at radius 3 is 2.97 bits per heavy atom. The van der Waals surface area contributed by atoms with E-state index in [-0.39, 0.29) is 6.61 Å². The number of hydrogen-bond donors (Lipinski definition) is 2. The zero-order chi connectivity index (χ0) is 24.5. The minimum atomic E-state index is 0.221. The van der Waals surface area contributed by atoms with Crippen molar-refractivity contribution in [3.63, 3.8) is 0 Å². The van der Waals surface area contributed by atoms with Gasteiger partial charge in [-0.15, -0.1) is 0 Å². The number of ether oxygens (including phenoxy) is 1. The van der Waals surface area contributed by atoms with Crippen molar-refractivity contribution in [3.05, 3.63) is 77.9 Å². The first-order valence-corrected chi connectivity index (χ1v) is 10.2. The third-order valence-electron chi connectivity index (χ3n) is 4.75. The number of hydrazine groups is 1. The van der Waals surface area contributed by atoms with E-state index in [1.165, 1.54) is 11.2 Å². The molecular weight excluding hydrogens is 434 g/mol. The maximum Gasteiger partial charge on any atom is 0.261 e. The molecule has 11 heteroatoms. The van der Waals surface area contributed by atoms with Gasteiger partial charge in [-0.1, -0.05) is 36.0 Å². The number of benzene rings is 1. The fourth-order valence-electron chi connectivity index (χ4n) is 2.97. The minimum absolute atomic E-state index is 0.221. The van der Waals surface area contributed by atoms with Crippen LogP contribution in [0.3, 0.4) is 0 Å². The van der Waals surface area contributed by atoms with E-state index in [9.17, 15) is 0 Å². The molecule has 2 heterocycles. The summed E-state index contributed by atoms with van der Waals surface area (Å²) in [6.07, 6.45) is 7.59. The number of nitrogens with zero attached hydrogens (tertiary/aromatic N) is 7. The van der Waals surface area contributed by atoms with Gasteiger partial charge in [0.15, 0.2) is 0 Å². The van der Waals surface area contributed by atoms with Crippen molar-refractivity contribution in [2.45, 2.75) is 20.1 Å². The van der Waals surface area contributed by atoms with Crippen LogP contribution in [0.5, 0.6) is 0 Å². The Hall–Kier alpha value is -4.69. The van der Waals surface area contributed by atoms with Gasteiger partial charge in [-0.25, -0.2) is 11.0 Å². The van der Waals surface area contributed by atoms with Crippen LogP contribution in [0.2, 0.25) is 0 Å². The summed E-state index contributed by atoms with van der Waals surface area (Å²) in [4.78, 5) is 4.54. The summed E-state index contributed by atoms with van der Waals surface area (Å²) in [5.41, 5.74) is 8.79. The molecule has 0 bridgehead atoms. The number of rotatable bonds is 10. The van der Waals surface area contributed by atoms with E-state index in [0.717, 1.165) is 23.2 Å². The van der Waals surface area contributed by atoms with E-state index in [1.54, 1.807) is 37.0 Å². The predicted molar refractivity (Wildman–Crippen MR) is 127 cm³/mol. The number of nitriles is 1. The van der Waals surface area contributed by atoms with Crippen LogP contribution in [0.25, 0.3) is 22.8 Å². The monoisotopic (exact) mass is 459 g/mol. The van der Waals surface area contributed by atoms with E-state index in [2.05, 4.69) is 26.9 Å². The number of aryl methyl sites for hydroxylation is 1. The van der Waals surface area contributed by atoms with Crippen molar-refractivity contribution in [2.75, 3.05) is 0 Å². The van der Waals surface area contributed by atoms with Gasteiger partial charge in [-0.3, -0.25) is 4.68 Å². The highest BCUT2D eigenvalue weighted by atomic mass is 16.5. The Bertz CT molecular complexity index is 1280. The molecule has 0 saturated heterocycles. The van der Waals surface area contributed by atoms with Crippen molar-refractivity contribution in [3.8, 4) is 28.9 Å². The normalized spacial score (nSPS) is 12.1. The molecule has 0 unspecified atom stereocenters. The van der Waals surface area contributed by atoms with Crippen molar-refractivity contribution < 1.29 is 9.26 Å². The van der Waals surface area contributed by atoms with Crippen LogP contribution in [0.4, 0.5) is 0 Å². The molecule has 174 valence electrons. The first-order valence-electron chi connectivity index (χ1n) is 10.2. The van der Waals surface area contributed by atoms with Gasteiger partial charge in [0.25, 0.3) is 5.89 Å². The van der Waals surface area contributed by atoms with Crippen LogP contribution in [0, 0.1) is 11.3 Å². The van der Waals surface area contributed by atoms with Crippen LogP contribution < -0.4 is 11.6 Å². The van der Waals surface area contributed by atoms with Crippen LogP contribution >= 0.6 is 0 Å². The molecule has 0 saturated carbocycles. The van der Waals surface area contributed by atoms with Gasteiger partial charge in [0.2, 0.25) is 5.82 Å². The maximum atomic E-state index is 8.97. The van der Waals surface area contributed by atoms with E-state index in [4.69, 9.17) is 26.1 Å². The zero-order valence-corrected chi connectivity index (χ0v) is 18.9. The SMILES string of the molecule is C=C/C(C#N)=C\C=C(/C)OCc1c(-c2nc(-c3cccc(CN(N)/N=C\N)c3)no2)cnn1C. The van der Waals surface area contributed by atoms with Gasteiger partial charge >= 0.3 is 0 Å². The second kappa shape index (κ2) is 11.3. The first-order chi connectivity index (χ1) is 16.4. The topological polar surface area (TPSA) is 157 Å². The third kappa shape index (κ3) is 5.96. The molecule has 4 N–H and O–H groups in total. The van der Waals surface area contributed by atoms with Gasteiger partial charge in [0.05, 0.1) is 41.4 Å². The van der Waals surface area contributed by atoms with Gasteiger partial charge in [0, 0.05) is 12.6 Å². The van der Waals surface area contributed by atoms with E-state index < -0.39 is 0 Å². The lowest BCUT2D eigenvalue weighted by Gasteiger charge is -2.11. The lowest BCUT2D eigenvalue weighted by atomic mass is 10.1. The van der Waals surface area contributed by atoms with Crippen molar-refractivity contribution in [1.29, 1.82) is 5.26 Å². The molecule has 2 aromatic heterocycles. The number of aromatic nitrogens is 4. The molecule has 0 fully saturated rings. The second-order valence-corrected chi connectivity index (χ2v) is 7.12. The lowest BCUT2D eigenvalue weighted by molar-refractivity contribution is 0.193. The fourth-order valence-corrected chi connectivity index (χ4v) is 2.97. The molecule has 11 nitrogen and oxygen atoms in total. The average Bonchev–Trinajstić information content (AvgIpc) is 3.45. The molecular formula is C23H25N9O2. The van der Waals surface area contributed by atoms with E-state index >= 15 is 0 Å². The van der Waals surface area contributed by atoms with Crippen LogP contribution in [-0.2, 0) is 24.9 Å². The molecule has 0 amide bonds. The van der Waals surface area contributed by atoms with Crippen molar-refractivity contribution in [2.24, 2.45) is 23.7 Å². The molecule has 0 radical (unpaired) electrons. The van der Waals surface area contributed by atoms with E-state index in [1.807, 2.05) is 30.3 Å². The molecule has 0 atom stereocenters. The number of allylic oxidation sites excluding steroid dienone is 5.